The molecule has 0 saturated carbocycles. The first-order valence-corrected chi connectivity index (χ1v) is 4.77. The zero-order valence-corrected chi connectivity index (χ0v) is 9.33. The summed E-state index contributed by atoms with van der Waals surface area (Å²) in [7, 11) is 0. The molecule has 114 valence electrons. The number of halogens is 6. The van der Waals surface area contributed by atoms with Crippen LogP contribution in [0.25, 0.3) is 0 Å². The molecule has 0 radical (unpaired) electrons. The van der Waals surface area contributed by atoms with Gasteiger partial charge in [-0.1, -0.05) is 0 Å². The van der Waals surface area contributed by atoms with Gasteiger partial charge in [-0.2, -0.15) is 26.3 Å². The van der Waals surface area contributed by atoms with Gasteiger partial charge in [-0.15, -0.1) is 10.2 Å². The number of rotatable bonds is 5. The average molecular weight is 308 g/mol. The molecule has 0 aliphatic heterocycles. The molecule has 12 heteroatoms. The van der Waals surface area contributed by atoms with Crippen LogP contribution in [0.5, 0.6) is 0 Å². The molecule has 0 aliphatic rings. The van der Waals surface area contributed by atoms with Crippen molar-refractivity contribution in [2.24, 2.45) is 0 Å². The molecular formula is C8H6F6N2O4. The maximum atomic E-state index is 12.3. The maximum Gasteiger partial charge on any atom is 0.409 e. The summed E-state index contributed by atoms with van der Waals surface area (Å²) in [6, 6.07) is 0. The molecule has 0 aromatic carbocycles. The van der Waals surface area contributed by atoms with E-state index in [2.05, 4.69) is 19.4 Å². The van der Waals surface area contributed by atoms with Gasteiger partial charge in [-0.3, -0.25) is 0 Å². The van der Waals surface area contributed by atoms with E-state index in [-0.39, 0.29) is 0 Å². The number of aromatic nitrogens is 2. The Balaban J connectivity index is 2.85. The fourth-order valence-electron chi connectivity index (χ4n) is 1.13. The molecular weight excluding hydrogens is 302 g/mol. The van der Waals surface area contributed by atoms with Gasteiger partial charge in [-0.25, -0.2) is 4.79 Å². The molecule has 6 nitrogen and oxygen atoms in total. The number of carbonyl (C=O) groups is 1. The van der Waals surface area contributed by atoms with E-state index in [4.69, 9.17) is 5.11 Å². The lowest BCUT2D eigenvalue weighted by Crippen LogP contribution is -2.34. The number of nitrogens with zero attached hydrogens (tertiary/aromatic N) is 2. The van der Waals surface area contributed by atoms with Crippen LogP contribution >= 0.6 is 0 Å². The highest BCUT2D eigenvalue weighted by Gasteiger charge is 2.60. The van der Waals surface area contributed by atoms with Crippen LogP contribution in [0.2, 0.25) is 0 Å². The second-order valence-corrected chi connectivity index (χ2v) is 3.44. The Hall–Kier alpha value is -1.85. The van der Waals surface area contributed by atoms with E-state index in [1.807, 2.05) is 0 Å². The Morgan fingerprint density at radius 2 is 1.75 bits per heavy atom. The number of carboxylic acid groups (broad SMARTS) is 1. The predicted molar refractivity (Wildman–Crippen MR) is 46.4 cm³/mol. The van der Waals surface area contributed by atoms with Crippen molar-refractivity contribution in [1.82, 2.24) is 10.2 Å². The summed E-state index contributed by atoms with van der Waals surface area (Å²) in [5.41, 5.74) is 0. The number of aliphatic carboxylic acids is 1. The fraction of sp³-hybridized carbons (Fsp3) is 0.625. The van der Waals surface area contributed by atoms with E-state index in [1.54, 1.807) is 0 Å². The zero-order valence-electron chi connectivity index (χ0n) is 9.33. The quantitative estimate of drug-likeness (QED) is 0.836. The SMILES string of the molecule is O=C(O)COCc1nnc(C(C(F)(F)F)C(F)(F)F)o1. The highest BCUT2D eigenvalue weighted by Crippen LogP contribution is 2.45. The standard InChI is InChI=1S/C8H6F6N2O4/c9-7(10,11)5(8(12,13)14)6-16-15-3(20-6)1-19-2-4(17)18/h5H,1-2H2,(H,17,18). The summed E-state index contributed by atoms with van der Waals surface area (Å²) >= 11 is 0. The van der Waals surface area contributed by atoms with Gasteiger partial charge in [0.15, 0.2) is 0 Å². The summed E-state index contributed by atoms with van der Waals surface area (Å²) in [5, 5.41) is 13.8. The lowest BCUT2D eigenvalue weighted by Gasteiger charge is -2.19. The van der Waals surface area contributed by atoms with Crippen LogP contribution in [0, 0.1) is 0 Å². The van der Waals surface area contributed by atoms with Gasteiger partial charge in [0.1, 0.15) is 13.2 Å². The van der Waals surface area contributed by atoms with Crippen molar-refractivity contribution in [2.75, 3.05) is 6.61 Å². The number of carboxylic acids is 1. The van der Waals surface area contributed by atoms with Crippen molar-refractivity contribution in [3.05, 3.63) is 11.8 Å². The highest BCUT2D eigenvalue weighted by molar-refractivity contribution is 5.67. The second-order valence-electron chi connectivity index (χ2n) is 3.44. The molecule has 0 bridgehead atoms. The van der Waals surface area contributed by atoms with Crippen LogP contribution in [0.1, 0.15) is 17.7 Å². The van der Waals surface area contributed by atoms with Crippen molar-refractivity contribution in [1.29, 1.82) is 0 Å². The summed E-state index contributed by atoms with van der Waals surface area (Å²) in [4.78, 5) is 10.1. The molecule has 1 N–H and O–H groups in total. The Kier molecular flexibility index (Phi) is 4.57. The first kappa shape index (κ1) is 16.2. The van der Waals surface area contributed by atoms with E-state index >= 15 is 0 Å². The molecule has 0 atom stereocenters. The molecule has 1 aromatic rings. The zero-order chi connectivity index (χ0) is 15.6. The third-order valence-electron chi connectivity index (χ3n) is 1.84. The maximum absolute atomic E-state index is 12.3. The van der Waals surface area contributed by atoms with Gasteiger partial charge in [0.05, 0.1) is 0 Å². The van der Waals surface area contributed by atoms with Crippen LogP contribution in [0.15, 0.2) is 4.42 Å². The Morgan fingerprint density at radius 1 is 1.20 bits per heavy atom. The highest BCUT2D eigenvalue weighted by atomic mass is 19.4. The molecule has 0 saturated heterocycles. The predicted octanol–water partition coefficient (Wildman–Crippen LogP) is 1.88. The van der Waals surface area contributed by atoms with Gasteiger partial charge in [0, 0.05) is 0 Å². The van der Waals surface area contributed by atoms with Crippen molar-refractivity contribution in [2.45, 2.75) is 24.9 Å². The topological polar surface area (TPSA) is 85.5 Å². The first-order chi connectivity index (χ1) is 9.01. The summed E-state index contributed by atoms with van der Waals surface area (Å²) in [6.07, 6.45) is -11.3. The van der Waals surface area contributed by atoms with Crippen molar-refractivity contribution in [3.8, 4) is 0 Å². The van der Waals surface area contributed by atoms with Gasteiger partial charge in [0.2, 0.25) is 17.7 Å². The minimum atomic E-state index is -5.65. The molecule has 0 unspecified atom stereocenters. The molecule has 1 heterocycles. The van der Waals surface area contributed by atoms with E-state index in [0.29, 0.717) is 0 Å². The molecule has 0 spiro atoms. The Bertz CT molecular complexity index is 454. The molecule has 0 fully saturated rings. The lowest BCUT2D eigenvalue weighted by atomic mass is 10.1. The third kappa shape index (κ3) is 4.36. The third-order valence-corrected chi connectivity index (χ3v) is 1.84. The Morgan fingerprint density at radius 3 is 2.20 bits per heavy atom. The summed E-state index contributed by atoms with van der Waals surface area (Å²) < 4.78 is 82.5. The smallest absolute Gasteiger partial charge is 0.409 e. The van der Waals surface area contributed by atoms with Crippen molar-refractivity contribution >= 4 is 5.97 Å². The van der Waals surface area contributed by atoms with Gasteiger partial charge in [-0.05, 0) is 0 Å². The number of ether oxygens (including phenoxy) is 1. The van der Waals surface area contributed by atoms with Gasteiger partial charge in [0.25, 0.3) is 0 Å². The monoisotopic (exact) mass is 308 g/mol. The van der Waals surface area contributed by atoms with Crippen molar-refractivity contribution in [3.63, 3.8) is 0 Å². The normalized spacial score (nSPS) is 12.9. The number of hydrogen-bond acceptors (Lipinski definition) is 5. The van der Waals surface area contributed by atoms with Crippen LogP contribution in [0.3, 0.4) is 0 Å². The largest absolute Gasteiger partial charge is 0.480 e. The fourth-order valence-corrected chi connectivity index (χ4v) is 1.13. The molecule has 1 aromatic heterocycles. The number of hydrogen-bond donors (Lipinski definition) is 1. The van der Waals surface area contributed by atoms with Crippen LogP contribution in [-0.2, 0) is 16.1 Å². The van der Waals surface area contributed by atoms with Crippen molar-refractivity contribution < 1.29 is 45.4 Å². The van der Waals surface area contributed by atoms with E-state index in [9.17, 15) is 31.1 Å². The van der Waals surface area contributed by atoms with Gasteiger partial charge >= 0.3 is 18.3 Å². The van der Waals surface area contributed by atoms with E-state index in [1.165, 1.54) is 0 Å². The minimum absolute atomic E-state index is 0.695. The number of alkyl halides is 6. The molecule has 0 aliphatic carbocycles. The lowest BCUT2D eigenvalue weighted by molar-refractivity contribution is -0.258. The van der Waals surface area contributed by atoms with E-state index < -0.39 is 49.2 Å². The molecule has 0 amide bonds. The van der Waals surface area contributed by atoms with Gasteiger partial charge < -0.3 is 14.3 Å². The van der Waals surface area contributed by atoms with Crippen LogP contribution in [-0.4, -0.2) is 40.2 Å². The van der Waals surface area contributed by atoms with Crippen LogP contribution < -0.4 is 0 Å². The summed E-state index contributed by atoms with van der Waals surface area (Å²) in [6.45, 7) is -1.54. The average Bonchev–Trinajstić information content (AvgIpc) is 2.60. The van der Waals surface area contributed by atoms with E-state index in [0.717, 1.165) is 0 Å². The second kappa shape index (κ2) is 5.64. The summed E-state index contributed by atoms with van der Waals surface area (Å²) in [5.74, 6) is -7.66. The molecule has 20 heavy (non-hydrogen) atoms. The van der Waals surface area contributed by atoms with Crippen LogP contribution in [0.4, 0.5) is 26.3 Å². The first-order valence-electron chi connectivity index (χ1n) is 4.77. The Labute approximate surface area is 106 Å². The minimum Gasteiger partial charge on any atom is -0.480 e. The molecule has 1 rings (SSSR count).